The molecular formula is C17H17FN6O2S. The Morgan fingerprint density at radius 3 is 2.85 bits per heavy atom. The summed E-state index contributed by atoms with van der Waals surface area (Å²) in [7, 11) is 0. The number of nitrogens with zero attached hydrogens (tertiary/aromatic N) is 5. The molecule has 3 heterocycles. The summed E-state index contributed by atoms with van der Waals surface area (Å²) in [5.74, 6) is 2.16. The smallest absolute Gasteiger partial charge is 0.352 e. The third-order valence-electron chi connectivity index (χ3n) is 4.18. The fourth-order valence-corrected chi connectivity index (χ4v) is 3.77. The van der Waals surface area contributed by atoms with Crippen LogP contribution in [0.25, 0.3) is 5.78 Å². The monoisotopic (exact) mass is 388 g/mol. The lowest BCUT2D eigenvalue weighted by molar-refractivity contribution is -0.117. The molecule has 1 aliphatic heterocycles. The second-order valence-electron chi connectivity index (χ2n) is 6.05. The van der Waals surface area contributed by atoms with E-state index in [0.717, 1.165) is 35.1 Å². The summed E-state index contributed by atoms with van der Waals surface area (Å²) in [5, 5.41) is 6.70. The van der Waals surface area contributed by atoms with E-state index in [0.29, 0.717) is 5.69 Å². The van der Waals surface area contributed by atoms with Gasteiger partial charge in [-0.15, -0.1) is 5.10 Å². The van der Waals surface area contributed by atoms with Gasteiger partial charge >= 0.3 is 5.69 Å². The van der Waals surface area contributed by atoms with Crippen molar-refractivity contribution >= 4 is 35.0 Å². The highest BCUT2D eigenvalue weighted by molar-refractivity contribution is 7.99. The Morgan fingerprint density at radius 1 is 1.26 bits per heavy atom. The molecule has 1 aliphatic rings. The molecule has 10 heteroatoms. The van der Waals surface area contributed by atoms with Crippen LogP contribution in [0.5, 0.6) is 0 Å². The van der Waals surface area contributed by atoms with Gasteiger partial charge in [0.25, 0.3) is 5.78 Å². The van der Waals surface area contributed by atoms with Crippen molar-refractivity contribution in [3.63, 3.8) is 0 Å². The van der Waals surface area contributed by atoms with Crippen molar-refractivity contribution in [2.45, 2.75) is 6.54 Å². The number of benzene rings is 1. The second kappa shape index (κ2) is 7.39. The normalized spacial score (nSPS) is 14.5. The summed E-state index contributed by atoms with van der Waals surface area (Å²) >= 11 is 1.90. The minimum atomic E-state index is -0.473. The highest BCUT2D eigenvalue weighted by atomic mass is 32.2. The van der Waals surface area contributed by atoms with Crippen LogP contribution < -0.4 is 15.9 Å². The highest BCUT2D eigenvalue weighted by Gasteiger charge is 2.16. The van der Waals surface area contributed by atoms with Gasteiger partial charge in [0.05, 0.1) is 0 Å². The van der Waals surface area contributed by atoms with Crippen LogP contribution in [0.4, 0.5) is 15.9 Å². The van der Waals surface area contributed by atoms with E-state index in [4.69, 9.17) is 0 Å². The van der Waals surface area contributed by atoms with Crippen LogP contribution in [-0.2, 0) is 11.3 Å². The largest absolute Gasteiger partial charge is 0.355 e. The quantitative estimate of drug-likeness (QED) is 0.724. The predicted octanol–water partition coefficient (Wildman–Crippen LogP) is 1.22. The molecule has 2 aromatic heterocycles. The minimum Gasteiger partial charge on any atom is -0.355 e. The van der Waals surface area contributed by atoms with Crippen LogP contribution >= 0.6 is 11.8 Å². The molecule has 0 saturated carbocycles. The van der Waals surface area contributed by atoms with Crippen LogP contribution in [0, 0.1) is 5.82 Å². The number of fused-ring (bicyclic) bond motifs is 1. The zero-order valence-corrected chi connectivity index (χ0v) is 15.2. The van der Waals surface area contributed by atoms with Crippen molar-refractivity contribution in [2.75, 3.05) is 34.8 Å². The Balaban J connectivity index is 1.54. The summed E-state index contributed by atoms with van der Waals surface area (Å²) in [6.07, 6.45) is 1.62. The van der Waals surface area contributed by atoms with Gasteiger partial charge in [0.2, 0.25) is 5.91 Å². The molecule has 140 valence electrons. The molecule has 1 amide bonds. The van der Waals surface area contributed by atoms with Crippen LogP contribution in [0.2, 0.25) is 0 Å². The maximum atomic E-state index is 13.2. The fraction of sp³-hybridized carbons (Fsp3) is 0.294. The van der Waals surface area contributed by atoms with E-state index < -0.39 is 17.4 Å². The molecule has 1 N–H and O–H groups in total. The molecule has 1 saturated heterocycles. The molecule has 0 radical (unpaired) electrons. The van der Waals surface area contributed by atoms with Gasteiger partial charge in [0, 0.05) is 36.5 Å². The number of amides is 1. The van der Waals surface area contributed by atoms with Crippen LogP contribution in [-0.4, -0.2) is 49.7 Å². The van der Waals surface area contributed by atoms with Crippen LogP contribution in [0.15, 0.2) is 41.3 Å². The van der Waals surface area contributed by atoms with Gasteiger partial charge in [0.1, 0.15) is 18.2 Å². The number of nitrogens with one attached hydrogen (secondary N) is 1. The van der Waals surface area contributed by atoms with Crippen molar-refractivity contribution in [3.8, 4) is 0 Å². The standard InChI is InChI=1S/C17H17FN6O2S/c18-12-2-1-3-13(10-12)19-15(25)11-24-17(26)23-5-4-14(20-16(23)21-24)22-6-8-27-9-7-22/h1-5,10H,6-9,11H2,(H,19,25). The zero-order chi connectivity index (χ0) is 18.8. The first-order valence-corrected chi connectivity index (χ1v) is 9.60. The number of hydrogen-bond donors (Lipinski definition) is 1. The van der Waals surface area contributed by atoms with Gasteiger partial charge in [-0.05, 0) is 24.3 Å². The summed E-state index contributed by atoms with van der Waals surface area (Å²) in [5.41, 5.74) is -0.132. The molecule has 8 nitrogen and oxygen atoms in total. The maximum absolute atomic E-state index is 13.2. The van der Waals surface area contributed by atoms with Crippen molar-refractivity contribution in [3.05, 3.63) is 52.8 Å². The topological polar surface area (TPSA) is 84.5 Å². The number of rotatable bonds is 4. The predicted molar refractivity (Wildman–Crippen MR) is 102 cm³/mol. The molecule has 0 atom stereocenters. The number of hydrogen-bond acceptors (Lipinski definition) is 6. The lowest BCUT2D eigenvalue weighted by Crippen LogP contribution is -2.33. The van der Waals surface area contributed by atoms with Crippen LogP contribution in [0.3, 0.4) is 0 Å². The molecule has 3 aromatic rings. The van der Waals surface area contributed by atoms with Crippen molar-refractivity contribution in [1.29, 1.82) is 0 Å². The Labute approximate surface area is 158 Å². The minimum absolute atomic E-state index is 0.245. The van der Waals surface area contributed by atoms with Gasteiger partial charge in [-0.1, -0.05) is 6.07 Å². The number of anilines is 2. The van der Waals surface area contributed by atoms with Crippen molar-refractivity contribution in [2.24, 2.45) is 0 Å². The van der Waals surface area contributed by atoms with E-state index >= 15 is 0 Å². The summed E-state index contributed by atoms with van der Waals surface area (Å²) in [6.45, 7) is 1.51. The first-order valence-electron chi connectivity index (χ1n) is 8.44. The van der Waals surface area contributed by atoms with E-state index in [-0.39, 0.29) is 12.3 Å². The van der Waals surface area contributed by atoms with Crippen molar-refractivity contribution in [1.82, 2.24) is 19.2 Å². The molecule has 0 unspecified atom stereocenters. The van der Waals surface area contributed by atoms with E-state index in [2.05, 4.69) is 20.3 Å². The first kappa shape index (κ1) is 17.5. The Bertz CT molecular complexity index is 1040. The molecular weight excluding hydrogens is 371 g/mol. The molecule has 0 spiro atoms. The molecule has 1 fully saturated rings. The van der Waals surface area contributed by atoms with Gasteiger partial charge in [0.15, 0.2) is 0 Å². The zero-order valence-electron chi connectivity index (χ0n) is 14.3. The number of thioether (sulfide) groups is 1. The maximum Gasteiger partial charge on any atom is 0.352 e. The van der Waals surface area contributed by atoms with Gasteiger partial charge in [-0.3, -0.25) is 4.79 Å². The van der Waals surface area contributed by atoms with Crippen molar-refractivity contribution < 1.29 is 9.18 Å². The van der Waals surface area contributed by atoms with Gasteiger partial charge < -0.3 is 10.2 Å². The van der Waals surface area contributed by atoms with E-state index in [1.165, 1.54) is 22.6 Å². The fourth-order valence-electron chi connectivity index (χ4n) is 2.87. The van der Waals surface area contributed by atoms with E-state index in [1.807, 2.05) is 11.8 Å². The summed E-state index contributed by atoms with van der Waals surface area (Å²) < 4.78 is 15.6. The number of carbonyl (C=O) groups is 1. The Morgan fingerprint density at radius 2 is 2.07 bits per heavy atom. The van der Waals surface area contributed by atoms with Gasteiger partial charge in [-0.25, -0.2) is 18.3 Å². The first-order chi connectivity index (χ1) is 13.1. The average molecular weight is 388 g/mol. The molecule has 0 bridgehead atoms. The van der Waals surface area contributed by atoms with E-state index in [1.54, 1.807) is 18.3 Å². The summed E-state index contributed by atoms with van der Waals surface area (Å²) in [6, 6.07) is 7.33. The SMILES string of the molecule is O=C(Cn1nc2nc(N3CCSCC3)ccn2c1=O)Nc1cccc(F)c1. The number of carbonyl (C=O) groups excluding carboxylic acids is 1. The van der Waals surface area contributed by atoms with Crippen LogP contribution in [0.1, 0.15) is 0 Å². The Hall–Kier alpha value is -2.88. The van der Waals surface area contributed by atoms with Gasteiger partial charge in [-0.2, -0.15) is 16.7 Å². The highest BCUT2D eigenvalue weighted by Crippen LogP contribution is 2.17. The average Bonchev–Trinajstić information content (AvgIpc) is 2.97. The van der Waals surface area contributed by atoms with E-state index in [9.17, 15) is 14.0 Å². The number of halogens is 1. The number of aromatic nitrogens is 4. The third-order valence-corrected chi connectivity index (χ3v) is 5.12. The summed E-state index contributed by atoms with van der Waals surface area (Å²) in [4.78, 5) is 31.2. The molecule has 0 aliphatic carbocycles. The lowest BCUT2D eigenvalue weighted by Gasteiger charge is -2.27. The Kier molecular flexibility index (Phi) is 4.80. The molecule has 27 heavy (non-hydrogen) atoms. The molecule has 4 rings (SSSR count). The lowest BCUT2D eigenvalue weighted by atomic mass is 10.3. The third kappa shape index (κ3) is 3.80. The molecule has 1 aromatic carbocycles. The second-order valence-corrected chi connectivity index (χ2v) is 7.28.